The van der Waals surface area contributed by atoms with Crippen LogP contribution in [0.3, 0.4) is 0 Å². The molecule has 4 aromatic rings. The average Bonchev–Trinajstić information content (AvgIpc) is 3.05. The Labute approximate surface area is 106 Å². The van der Waals surface area contributed by atoms with Crippen LogP contribution in [0.1, 0.15) is 0 Å². The molecule has 1 N–H and O–H groups in total. The Morgan fingerprint density at radius 1 is 0.947 bits per heavy atom. The molecule has 2 aromatic heterocycles. The summed E-state index contributed by atoms with van der Waals surface area (Å²) < 4.78 is 4.63. The van der Waals surface area contributed by atoms with E-state index in [1.54, 1.807) is 0 Å². The average molecular weight is 253 g/mol. The summed E-state index contributed by atoms with van der Waals surface area (Å²) in [5.74, 6) is -0.0242. The second-order valence-corrected chi connectivity index (χ2v) is 4.05. The van der Waals surface area contributed by atoms with Crippen molar-refractivity contribution in [2.45, 2.75) is 0 Å². The van der Waals surface area contributed by atoms with E-state index in [9.17, 15) is 5.11 Å². The lowest BCUT2D eigenvalue weighted by Gasteiger charge is -1.96. The Morgan fingerprint density at radius 3 is 2.58 bits per heavy atom. The number of phenolic OH excluding ortho intramolecular Hbond substituents is 1. The van der Waals surface area contributed by atoms with Crippen molar-refractivity contribution in [2.24, 2.45) is 0 Å². The predicted octanol–water partition coefficient (Wildman–Crippen LogP) is 1.66. The lowest BCUT2D eigenvalue weighted by Crippen LogP contribution is -1.97. The quantitative estimate of drug-likeness (QED) is 0.555. The zero-order chi connectivity index (χ0) is 12.8. The molecule has 0 spiro atoms. The smallest absolute Gasteiger partial charge is 0.179 e. The second kappa shape index (κ2) is 3.52. The molecule has 0 aliphatic carbocycles. The summed E-state index contributed by atoms with van der Waals surface area (Å²) >= 11 is 0. The fraction of sp³-hybridized carbons (Fsp3) is 0. The summed E-state index contributed by atoms with van der Waals surface area (Å²) in [6, 6.07) is 11.0. The highest BCUT2D eigenvalue weighted by Crippen LogP contribution is 2.28. The number of para-hydroxylation sites is 1. The number of nitrogens with zero attached hydrogens (tertiary/aromatic N) is 5. The minimum atomic E-state index is -0.0242. The van der Waals surface area contributed by atoms with E-state index in [0.29, 0.717) is 16.6 Å². The molecule has 2 aromatic carbocycles. The number of aromatic hydroxyl groups is 1. The van der Waals surface area contributed by atoms with E-state index in [0.717, 1.165) is 5.69 Å². The third-order valence-electron chi connectivity index (χ3n) is 2.86. The Balaban J connectivity index is 2.06. The molecular formula is C12H7N5O2. The van der Waals surface area contributed by atoms with Gasteiger partial charge in [0, 0.05) is 6.07 Å². The molecule has 19 heavy (non-hydrogen) atoms. The molecule has 0 radical (unpaired) electrons. The molecule has 0 bridgehead atoms. The summed E-state index contributed by atoms with van der Waals surface area (Å²) in [4.78, 5) is 1.48. The lowest BCUT2D eigenvalue weighted by atomic mass is 10.2. The topological polar surface area (TPSA) is 89.9 Å². The summed E-state index contributed by atoms with van der Waals surface area (Å²) in [5, 5.41) is 25.9. The largest absolute Gasteiger partial charge is 0.505 e. The number of hydrogen-bond acceptors (Lipinski definition) is 6. The van der Waals surface area contributed by atoms with Gasteiger partial charge < -0.3 is 5.11 Å². The third kappa shape index (κ3) is 1.38. The zero-order valence-corrected chi connectivity index (χ0v) is 9.56. The number of rotatable bonds is 1. The van der Waals surface area contributed by atoms with Crippen molar-refractivity contribution < 1.29 is 9.74 Å². The summed E-state index contributed by atoms with van der Waals surface area (Å²) in [6.45, 7) is 0. The molecule has 7 heteroatoms. The molecular weight excluding hydrogens is 246 g/mol. The van der Waals surface area contributed by atoms with E-state index in [-0.39, 0.29) is 11.3 Å². The number of phenols is 1. The molecule has 92 valence electrons. The first-order valence-electron chi connectivity index (χ1n) is 5.59. The van der Waals surface area contributed by atoms with Crippen molar-refractivity contribution in [3.8, 4) is 11.4 Å². The van der Waals surface area contributed by atoms with Crippen LogP contribution >= 0.6 is 0 Å². The van der Waals surface area contributed by atoms with Crippen molar-refractivity contribution in [2.75, 3.05) is 0 Å². The van der Waals surface area contributed by atoms with Crippen LogP contribution in [0, 0.1) is 0 Å². The highest BCUT2D eigenvalue weighted by atomic mass is 16.6. The van der Waals surface area contributed by atoms with Gasteiger partial charge in [0.15, 0.2) is 11.0 Å². The van der Waals surface area contributed by atoms with E-state index < -0.39 is 0 Å². The van der Waals surface area contributed by atoms with Crippen molar-refractivity contribution in [3.63, 3.8) is 0 Å². The molecule has 0 saturated heterocycles. The van der Waals surface area contributed by atoms with Crippen LogP contribution in [0.25, 0.3) is 27.8 Å². The number of fused-ring (bicyclic) bond motifs is 3. The van der Waals surface area contributed by atoms with Crippen LogP contribution in [0.4, 0.5) is 0 Å². The standard InChI is InChI=1S/C12H7N5O2/c18-9-6-8-10(12-11(9)15-19-16-12)14-17(13-8)7-4-2-1-3-5-7/h1-6,18H. The first-order valence-corrected chi connectivity index (χ1v) is 5.59. The van der Waals surface area contributed by atoms with Gasteiger partial charge in [-0.15, -0.1) is 10.2 Å². The molecule has 7 nitrogen and oxygen atoms in total. The normalized spacial score (nSPS) is 11.4. The van der Waals surface area contributed by atoms with Crippen LogP contribution < -0.4 is 0 Å². The van der Waals surface area contributed by atoms with E-state index in [2.05, 4.69) is 25.1 Å². The highest BCUT2D eigenvalue weighted by molar-refractivity contribution is 6.02. The summed E-state index contributed by atoms with van der Waals surface area (Å²) in [5.41, 5.74) is 2.58. The molecule has 0 unspecified atom stereocenters. The van der Waals surface area contributed by atoms with Gasteiger partial charge in [0.1, 0.15) is 16.8 Å². The molecule has 0 saturated carbocycles. The maximum Gasteiger partial charge on any atom is 0.179 e. The second-order valence-electron chi connectivity index (χ2n) is 4.05. The van der Waals surface area contributed by atoms with E-state index in [1.165, 1.54) is 10.9 Å². The van der Waals surface area contributed by atoms with Crippen LogP contribution in [-0.4, -0.2) is 30.4 Å². The Hall–Kier alpha value is -2.96. The Morgan fingerprint density at radius 2 is 1.74 bits per heavy atom. The van der Waals surface area contributed by atoms with Crippen LogP contribution in [0.15, 0.2) is 41.0 Å². The molecule has 0 fully saturated rings. The van der Waals surface area contributed by atoms with Gasteiger partial charge in [-0.05, 0) is 22.4 Å². The molecule has 0 atom stereocenters. The molecule has 4 rings (SSSR count). The number of benzene rings is 2. The maximum absolute atomic E-state index is 9.80. The Kier molecular flexibility index (Phi) is 1.85. The van der Waals surface area contributed by atoms with Gasteiger partial charge in [0.25, 0.3) is 0 Å². The van der Waals surface area contributed by atoms with Crippen LogP contribution in [0.5, 0.6) is 5.75 Å². The number of aromatic nitrogens is 5. The van der Waals surface area contributed by atoms with Gasteiger partial charge in [-0.2, -0.15) is 4.80 Å². The van der Waals surface area contributed by atoms with E-state index >= 15 is 0 Å². The first-order chi connectivity index (χ1) is 9.33. The van der Waals surface area contributed by atoms with Crippen molar-refractivity contribution >= 4 is 22.1 Å². The van der Waals surface area contributed by atoms with Gasteiger partial charge in [-0.1, -0.05) is 18.2 Å². The van der Waals surface area contributed by atoms with Gasteiger partial charge >= 0.3 is 0 Å². The van der Waals surface area contributed by atoms with Crippen LogP contribution in [0.2, 0.25) is 0 Å². The van der Waals surface area contributed by atoms with E-state index in [1.807, 2.05) is 30.3 Å². The monoisotopic (exact) mass is 253 g/mol. The molecule has 0 aliphatic rings. The highest BCUT2D eigenvalue weighted by Gasteiger charge is 2.16. The minimum absolute atomic E-state index is 0.0242. The van der Waals surface area contributed by atoms with Crippen LogP contribution in [-0.2, 0) is 0 Å². The Bertz CT molecular complexity index is 881. The van der Waals surface area contributed by atoms with Crippen molar-refractivity contribution in [1.29, 1.82) is 0 Å². The van der Waals surface area contributed by atoms with Crippen molar-refractivity contribution in [3.05, 3.63) is 36.4 Å². The van der Waals surface area contributed by atoms with Gasteiger partial charge in [0.2, 0.25) is 0 Å². The molecule has 2 heterocycles. The van der Waals surface area contributed by atoms with Crippen molar-refractivity contribution in [1.82, 2.24) is 25.3 Å². The molecule has 0 aliphatic heterocycles. The molecule has 0 amide bonds. The predicted molar refractivity (Wildman–Crippen MR) is 65.9 cm³/mol. The number of hydrogen-bond donors (Lipinski definition) is 1. The minimum Gasteiger partial charge on any atom is -0.505 e. The fourth-order valence-corrected chi connectivity index (χ4v) is 1.97. The zero-order valence-electron chi connectivity index (χ0n) is 9.56. The third-order valence-corrected chi connectivity index (χ3v) is 2.86. The summed E-state index contributed by atoms with van der Waals surface area (Å²) in [7, 11) is 0. The summed E-state index contributed by atoms with van der Waals surface area (Å²) in [6.07, 6.45) is 0. The van der Waals surface area contributed by atoms with E-state index in [4.69, 9.17) is 0 Å². The lowest BCUT2D eigenvalue weighted by molar-refractivity contribution is 0.314. The fourth-order valence-electron chi connectivity index (χ4n) is 1.97. The maximum atomic E-state index is 9.80. The first kappa shape index (κ1) is 10.0. The van der Waals surface area contributed by atoms with Gasteiger partial charge in [0.05, 0.1) is 5.69 Å². The van der Waals surface area contributed by atoms with Gasteiger partial charge in [-0.3, -0.25) is 0 Å². The SMILES string of the molecule is Oc1cc2nn(-c3ccccc3)nc2c2nonc12. The van der Waals surface area contributed by atoms with Gasteiger partial charge in [-0.25, -0.2) is 4.63 Å².